The van der Waals surface area contributed by atoms with E-state index < -0.39 is 5.97 Å². The molecule has 0 spiro atoms. The Kier molecular flexibility index (Phi) is 2.84. The summed E-state index contributed by atoms with van der Waals surface area (Å²) in [5, 5.41) is 12.6. The van der Waals surface area contributed by atoms with Crippen molar-refractivity contribution in [1.82, 2.24) is 9.78 Å². The second kappa shape index (κ2) is 3.89. The molecule has 0 fully saturated rings. The summed E-state index contributed by atoms with van der Waals surface area (Å²) in [6.07, 6.45) is 5.29. The van der Waals surface area contributed by atoms with Crippen molar-refractivity contribution in [3.05, 3.63) is 23.5 Å². The first-order valence-corrected chi connectivity index (χ1v) is 4.07. The second-order valence-corrected chi connectivity index (χ2v) is 2.73. The van der Waals surface area contributed by atoms with Crippen LogP contribution in [0, 0.1) is 0 Å². The topological polar surface area (TPSA) is 55.1 Å². The van der Waals surface area contributed by atoms with Crippen molar-refractivity contribution in [3.63, 3.8) is 0 Å². The molecule has 0 saturated carbocycles. The minimum absolute atomic E-state index is 0.806. The summed E-state index contributed by atoms with van der Waals surface area (Å²) in [5.41, 5.74) is 1.78. The standard InChI is InChI=1S/C9H12N2O2/c1-3-8-7(4-5-9(12)13)6-11(2)10-8/h4-6H,3H2,1-2H3,(H,12,13)/b5-4+. The molecule has 0 aliphatic heterocycles. The molecule has 13 heavy (non-hydrogen) atoms. The van der Waals surface area contributed by atoms with Crippen LogP contribution in [0.4, 0.5) is 0 Å². The van der Waals surface area contributed by atoms with Crippen molar-refractivity contribution in [2.45, 2.75) is 13.3 Å². The zero-order valence-electron chi connectivity index (χ0n) is 7.69. The number of aromatic nitrogens is 2. The molecule has 0 aromatic carbocycles. The average molecular weight is 180 g/mol. The van der Waals surface area contributed by atoms with Gasteiger partial charge in [-0.15, -0.1) is 0 Å². The van der Waals surface area contributed by atoms with Crippen LogP contribution in [0.25, 0.3) is 6.08 Å². The van der Waals surface area contributed by atoms with E-state index >= 15 is 0 Å². The van der Waals surface area contributed by atoms with Crippen LogP contribution in [-0.4, -0.2) is 20.9 Å². The maximum Gasteiger partial charge on any atom is 0.328 e. The second-order valence-electron chi connectivity index (χ2n) is 2.73. The summed E-state index contributed by atoms with van der Waals surface area (Å²) in [6, 6.07) is 0. The molecular formula is C9H12N2O2. The van der Waals surface area contributed by atoms with Gasteiger partial charge in [0.25, 0.3) is 0 Å². The number of aryl methyl sites for hydroxylation is 2. The highest BCUT2D eigenvalue weighted by Gasteiger charge is 2.01. The van der Waals surface area contributed by atoms with Crippen LogP contribution >= 0.6 is 0 Å². The molecule has 0 radical (unpaired) electrons. The summed E-state index contributed by atoms with van der Waals surface area (Å²) in [6.45, 7) is 1.99. The molecule has 1 aromatic heterocycles. The highest BCUT2D eigenvalue weighted by molar-refractivity contribution is 5.85. The van der Waals surface area contributed by atoms with Gasteiger partial charge in [0, 0.05) is 24.9 Å². The first kappa shape index (κ1) is 9.51. The lowest BCUT2D eigenvalue weighted by atomic mass is 10.2. The highest BCUT2D eigenvalue weighted by atomic mass is 16.4. The van der Waals surface area contributed by atoms with Crippen LogP contribution < -0.4 is 0 Å². The summed E-state index contributed by atoms with van der Waals surface area (Å²) in [4.78, 5) is 10.3. The van der Waals surface area contributed by atoms with E-state index in [1.807, 2.05) is 14.0 Å². The van der Waals surface area contributed by atoms with Crippen LogP contribution in [0.15, 0.2) is 12.3 Å². The number of rotatable bonds is 3. The van der Waals surface area contributed by atoms with E-state index in [-0.39, 0.29) is 0 Å². The van der Waals surface area contributed by atoms with Gasteiger partial charge in [-0.25, -0.2) is 4.79 Å². The molecule has 1 aromatic rings. The minimum atomic E-state index is -0.939. The average Bonchev–Trinajstić information content (AvgIpc) is 2.42. The summed E-state index contributed by atoms with van der Waals surface area (Å²) >= 11 is 0. The molecule has 0 amide bonds. The van der Waals surface area contributed by atoms with Gasteiger partial charge in [-0.1, -0.05) is 6.92 Å². The fraction of sp³-hybridized carbons (Fsp3) is 0.333. The van der Waals surface area contributed by atoms with Crippen molar-refractivity contribution in [2.75, 3.05) is 0 Å². The number of hydrogen-bond donors (Lipinski definition) is 1. The first-order valence-electron chi connectivity index (χ1n) is 4.07. The Bertz CT molecular complexity index is 339. The number of nitrogens with zero attached hydrogens (tertiary/aromatic N) is 2. The van der Waals surface area contributed by atoms with E-state index in [4.69, 9.17) is 5.11 Å². The van der Waals surface area contributed by atoms with Crippen molar-refractivity contribution < 1.29 is 9.90 Å². The van der Waals surface area contributed by atoms with E-state index in [1.165, 1.54) is 0 Å². The SMILES string of the molecule is CCc1nn(C)cc1/C=C/C(=O)O. The molecule has 4 heteroatoms. The monoisotopic (exact) mass is 180 g/mol. The Labute approximate surface area is 76.5 Å². The van der Waals surface area contributed by atoms with Gasteiger partial charge in [0.15, 0.2) is 0 Å². The lowest BCUT2D eigenvalue weighted by Gasteiger charge is -1.89. The molecule has 0 saturated heterocycles. The van der Waals surface area contributed by atoms with Crippen LogP contribution in [-0.2, 0) is 18.3 Å². The highest BCUT2D eigenvalue weighted by Crippen LogP contribution is 2.08. The molecule has 1 heterocycles. The van der Waals surface area contributed by atoms with Gasteiger partial charge in [0.1, 0.15) is 0 Å². The Morgan fingerprint density at radius 1 is 1.77 bits per heavy atom. The maximum atomic E-state index is 10.3. The number of carboxylic acids is 1. The van der Waals surface area contributed by atoms with Crippen molar-refractivity contribution >= 4 is 12.0 Å². The van der Waals surface area contributed by atoms with E-state index in [0.29, 0.717) is 0 Å². The molecule has 0 atom stereocenters. The van der Waals surface area contributed by atoms with Gasteiger partial charge in [-0.2, -0.15) is 5.10 Å². The van der Waals surface area contributed by atoms with E-state index in [1.54, 1.807) is 17.0 Å². The smallest absolute Gasteiger partial charge is 0.328 e. The molecule has 1 rings (SSSR count). The van der Waals surface area contributed by atoms with Crippen molar-refractivity contribution in [3.8, 4) is 0 Å². The Balaban J connectivity index is 2.92. The largest absolute Gasteiger partial charge is 0.478 e. The lowest BCUT2D eigenvalue weighted by Crippen LogP contribution is -1.89. The fourth-order valence-corrected chi connectivity index (χ4v) is 1.13. The van der Waals surface area contributed by atoms with Gasteiger partial charge >= 0.3 is 5.97 Å². The molecule has 1 N–H and O–H groups in total. The maximum absolute atomic E-state index is 10.3. The Morgan fingerprint density at radius 2 is 2.46 bits per heavy atom. The number of aliphatic carboxylic acids is 1. The Hall–Kier alpha value is -1.58. The minimum Gasteiger partial charge on any atom is -0.478 e. The molecule has 0 aliphatic rings. The number of carboxylic acid groups (broad SMARTS) is 1. The predicted octanol–water partition coefficient (Wildman–Crippen LogP) is 1.08. The van der Waals surface area contributed by atoms with E-state index in [9.17, 15) is 4.79 Å². The van der Waals surface area contributed by atoms with Crippen LogP contribution in [0.2, 0.25) is 0 Å². The van der Waals surface area contributed by atoms with Crippen LogP contribution in [0.5, 0.6) is 0 Å². The number of carbonyl (C=O) groups is 1. The van der Waals surface area contributed by atoms with E-state index in [0.717, 1.165) is 23.8 Å². The van der Waals surface area contributed by atoms with Gasteiger partial charge in [0.05, 0.1) is 5.69 Å². The van der Waals surface area contributed by atoms with Gasteiger partial charge < -0.3 is 5.11 Å². The quantitative estimate of drug-likeness (QED) is 0.708. The molecule has 70 valence electrons. The third-order valence-electron chi connectivity index (χ3n) is 1.68. The molecule has 0 aliphatic carbocycles. The van der Waals surface area contributed by atoms with Gasteiger partial charge in [-0.3, -0.25) is 4.68 Å². The zero-order valence-corrected chi connectivity index (χ0v) is 7.69. The van der Waals surface area contributed by atoms with Crippen molar-refractivity contribution in [2.24, 2.45) is 7.05 Å². The molecule has 0 bridgehead atoms. The fourth-order valence-electron chi connectivity index (χ4n) is 1.13. The molecule has 0 unspecified atom stereocenters. The lowest BCUT2D eigenvalue weighted by molar-refractivity contribution is -0.131. The summed E-state index contributed by atoms with van der Waals surface area (Å²) in [5.74, 6) is -0.939. The van der Waals surface area contributed by atoms with Crippen molar-refractivity contribution in [1.29, 1.82) is 0 Å². The van der Waals surface area contributed by atoms with Gasteiger partial charge in [-0.05, 0) is 12.5 Å². The van der Waals surface area contributed by atoms with Crippen LogP contribution in [0.3, 0.4) is 0 Å². The Morgan fingerprint density at radius 3 is 3.00 bits per heavy atom. The van der Waals surface area contributed by atoms with Crippen LogP contribution in [0.1, 0.15) is 18.2 Å². The van der Waals surface area contributed by atoms with Gasteiger partial charge in [0.2, 0.25) is 0 Å². The molecular weight excluding hydrogens is 168 g/mol. The normalized spacial score (nSPS) is 10.9. The zero-order chi connectivity index (χ0) is 9.84. The predicted molar refractivity (Wildman–Crippen MR) is 49.3 cm³/mol. The third kappa shape index (κ3) is 2.43. The summed E-state index contributed by atoms with van der Waals surface area (Å²) < 4.78 is 1.68. The first-order chi connectivity index (χ1) is 6.13. The number of hydrogen-bond acceptors (Lipinski definition) is 2. The summed E-state index contributed by atoms with van der Waals surface area (Å²) in [7, 11) is 1.82. The molecule has 4 nitrogen and oxygen atoms in total. The van der Waals surface area contributed by atoms with E-state index in [2.05, 4.69) is 5.10 Å². The third-order valence-corrected chi connectivity index (χ3v) is 1.68.